The summed E-state index contributed by atoms with van der Waals surface area (Å²) in [6.07, 6.45) is 2.28. The lowest BCUT2D eigenvalue weighted by molar-refractivity contribution is -0.145. The second-order valence-electron chi connectivity index (χ2n) is 4.68. The molecule has 0 bridgehead atoms. The molecule has 0 aromatic carbocycles. The van der Waals surface area contributed by atoms with Gasteiger partial charge in [-0.25, -0.2) is 0 Å². The molecule has 1 amide bonds. The number of carbonyl (C=O) groups excluding carboxylic acids is 1. The van der Waals surface area contributed by atoms with Gasteiger partial charge in [-0.3, -0.25) is 14.6 Å². The number of nitrogens with zero attached hydrogens (tertiary/aromatic N) is 2. The molecule has 5 nitrogen and oxygen atoms in total. The smallest absolute Gasteiger partial charge is 0.308 e. The maximum Gasteiger partial charge on any atom is 0.308 e. The molecular weight excluding hydrogens is 232 g/mol. The van der Waals surface area contributed by atoms with E-state index >= 15 is 0 Å². The number of hydrogen-bond donors (Lipinski definition) is 1. The topological polar surface area (TPSA) is 70.5 Å². The van der Waals surface area contributed by atoms with Crippen molar-refractivity contribution in [2.45, 2.75) is 13.3 Å². The van der Waals surface area contributed by atoms with Gasteiger partial charge in [-0.1, -0.05) is 13.0 Å². The van der Waals surface area contributed by atoms with Gasteiger partial charge in [0.05, 0.1) is 5.92 Å². The lowest BCUT2D eigenvalue weighted by Gasteiger charge is -2.34. The number of carboxylic acids is 1. The third-order valence-electron chi connectivity index (χ3n) is 3.45. The summed E-state index contributed by atoms with van der Waals surface area (Å²) in [6.45, 7) is 2.79. The molecule has 2 heterocycles. The number of likely N-dealkylation sites (tertiary alicyclic amines) is 1. The number of piperidine rings is 1. The molecule has 2 rings (SSSR count). The Kier molecular flexibility index (Phi) is 3.60. The molecule has 2 atom stereocenters. The first kappa shape index (κ1) is 12.5. The van der Waals surface area contributed by atoms with Gasteiger partial charge in [0, 0.05) is 19.3 Å². The molecule has 0 aliphatic carbocycles. The molecule has 0 radical (unpaired) electrons. The number of amides is 1. The number of carboxylic acid groups (broad SMARTS) is 1. The van der Waals surface area contributed by atoms with Crippen LogP contribution in [0.1, 0.15) is 23.8 Å². The van der Waals surface area contributed by atoms with E-state index in [-0.39, 0.29) is 18.4 Å². The highest BCUT2D eigenvalue weighted by Crippen LogP contribution is 2.24. The second-order valence-corrected chi connectivity index (χ2v) is 4.68. The van der Waals surface area contributed by atoms with Crippen molar-refractivity contribution in [1.29, 1.82) is 0 Å². The van der Waals surface area contributed by atoms with Crippen LogP contribution in [-0.2, 0) is 4.79 Å². The Morgan fingerprint density at radius 1 is 1.44 bits per heavy atom. The number of rotatable bonds is 2. The Morgan fingerprint density at radius 3 is 2.83 bits per heavy atom. The molecule has 1 fully saturated rings. The molecule has 5 heteroatoms. The van der Waals surface area contributed by atoms with Crippen molar-refractivity contribution in [2.75, 3.05) is 13.1 Å². The van der Waals surface area contributed by atoms with E-state index in [4.69, 9.17) is 5.11 Å². The van der Waals surface area contributed by atoms with Gasteiger partial charge in [0.15, 0.2) is 0 Å². The van der Waals surface area contributed by atoms with Crippen molar-refractivity contribution < 1.29 is 14.7 Å². The Hall–Kier alpha value is -1.91. The van der Waals surface area contributed by atoms with E-state index < -0.39 is 11.9 Å². The van der Waals surface area contributed by atoms with Crippen molar-refractivity contribution in [1.82, 2.24) is 9.88 Å². The van der Waals surface area contributed by atoms with Crippen LogP contribution in [0.4, 0.5) is 0 Å². The molecule has 0 unspecified atom stereocenters. The van der Waals surface area contributed by atoms with Crippen LogP contribution in [0.3, 0.4) is 0 Å². The van der Waals surface area contributed by atoms with E-state index in [1.54, 1.807) is 29.3 Å². The zero-order valence-electron chi connectivity index (χ0n) is 10.2. The van der Waals surface area contributed by atoms with E-state index in [9.17, 15) is 9.59 Å². The van der Waals surface area contributed by atoms with Crippen LogP contribution in [0.5, 0.6) is 0 Å². The van der Waals surface area contributed by atoms with Gasteiger partial charge < -0.3 is 10.0 Å². The average Bonchev–Trinajstić information content (AvgIpc) is 2.39. The van der Waals surface area contributed by atoms with E-state index in [0.717, 1.165) is 6.42 Å². The van der Waals surface area contributed by atoms with Crippen molar-refractivity contribution in [3.8, 4) is 0 Å². The Morgan fingerprint density at radius 2 is 2.22 bits per heavy atom. The third-order valence-corrected chi connectivity index (χ3v) is 3.45. The predicted molar refractivity (Wildman–Crippen MR) is 65.0 cm³/mol. The number of pyridine rings is 1. The van der Waals surface area contributed by atoms with Crippen LogP contribution in [0, 0.1) is 11.8 Å². The van der Waals surface area contributed by atoms with Gasteiger partial charge >= 0.3 is 5.97 Å². The zero-order chi connectivity index (χ0) is 13.1. The fourth-order valence-corrected chi connectivity index (χ4v) is 2.23. The minimum Gasteiger partial charge on any atom is -0.481 e. The van der Waals surface area contributed by atoms with Gasteiger partial charge in [-0.2, -0.15) is 0 Å². The highest BCUT2D eigenvalue weighted by atomic mass is 16.4. The zero-order valence-corrected chi connectivity index (χ0v) is 10.2. The van der Waals surface area contributed by atoms with Crippen molar-refractivity contribution in [3.63, 3.8) is 0 Å². The van der Waals surface area contributed by atoms with Crippen LogP contribution in [0.25, 0.3) is 0 Å². The van der Waals surface area contributed by atoms with Gasteiger partial charge in [0.25, 0.3) is 5.91 Å². The fraction of sp³-hybridized carbons (Fsp3) is 0.462. The fourth-order valence-electron chi connectivity index (χ4n) is 2.23. The van der Waals surface area contributed by atoms with Crippen molar-refractivity contribution in [3.05, 3.63) is 30.1 Å². The van der Waals surface area contributed by atoms with E-state index in [1.807, 2.05) is 6.92 Å². The minimum atomic E-state index is -0.832. The van der Waals surface area contributed by atoms with Crippen LogP contribution >= 0.6 is 0 Å². The molecule has 1 saturated heterocycles. The monoisotopic (exact) mass is 248 g/mol. The normalized spacial score (nSPS) is 23.7. The molecule has 18 heavy (non-hydrogen) atoms. The maximum absolute atomic E-state index is 12.1. The van der Waals surface area contributed by atoms with Gasteiger partial charge in [0.1, 0.15) is 5.69 Å². The number of carbonyl (C=O) groups is 2. The number of hydrogen-bond acceptors (Lipinski definition) is 3. The SMILES string of the molecule is C[C@@H]1CCN(C(=O)c2ccccn2)C[C@@H]1C(=O)O. The first-order valence-corrected chi connectivity index (χ1v) is 6.02. The lowest BCUT2D eigenvalue weighted by atomic mass is 9.87. The molecule has 96 valence electrons. The largest absolute Gasteiger partial charge is 0.481 e. The Balaban J connectivity index is 2.11. The second kappa shape index (κ2) is 5.16. The summed E-state index contributed by atoms with van der Waals surface area (Å²) in [7, 11) is 0. The molecule has 0 saturated carbocycles. The summed E-state index contributed by atoms with van der Waals surface area (Å²) in [5.74, 6) is -1.39. The highest BCUT2D eigenvalue weighted by Gasteiger charge is 2.33. The van der Waals surface area contributed by atoms with E-state index in [1.165, 1.54) is 0 Å². The molecule has 1 N–H and O–H groups in total. The maximum atomic E-state index is 12.1. The summed E-state index contributed by atoms with van der Waals surface area (Å²) in [4.78, 5) is 28.8. The highest BCUT2D eigenvalue weighted by molar-refractivity contribution is 5.92. The first-order valence-electron chi connectivity index (χ1n) is 6.02. The molecule has 1 aromatic rings. The quantitative estimate of drug-likeness (QED) is 0.855. The first-order chi connectivity index (χ1) is 8.59. The predicted octanol–water partition coefficient (Wildman–Crippen LogP) is 1.26. The summed E-state index contributed by atoms with van der Waals surface area (Å²) in [6, 6.07) is 5.15. The average molecular weight is 248 g/mol. The van der Waals surface area contributed by atoms with Crippen molar-refractivity contribution in [2.24, 2.45) is 11.8 Å². The third kappa shape index (κ3) is 2.50. The summed E-state index contributed by atoms with van der Waals surface area (Å²) in [5.41, 5.74) is 0.371. The van der Waals surface area contributed by atoms with Gasteiger partial charge in [-0.05, 0) is 24.5 Å². The molecule has 0 spiro atoms. The minimum absolute atomic E-state index is 0.107. The molecule has 1 aliphatic rings. The summed E-state index contributed by atoms with van der Waals surface area (Å²) in [5, 5.41) is 9.13. The number of aliphatic carboxylic acids is 1. The van der Waals surface area contributed by atoms with Crippen LogP contribution in [-0.4, -0.2) is 40.0 Å². The van der Waals surface area contributed by atoms with Gasteiger partial charge in [-0.15, -0.1) is 0 Å². The molecule has 1 aromatic heterocycles. The van der Waals surface area contributed by atoms with E-state index in [0.29, 0.717) is 12.2 Å². The Labute approximate surface area is 105 Å². The molecular formula is C13H16N2O3. The van der Waals surface area contributed by atoms with Crippen LogP contribution in [0.2, 0.25) is 0 Å². The Bertz CT molecular complexity index is 447. The molecule has 1 aliphatic heterocycles. The summed E-state index contributed by atoms with van der Waals surface area (Å²) < 4.78 is 0. The summed E-state index contributed by atoms with van der Waals surface area (Å²) >= 11 is 0. The number of aromatic nitrogens is 1. The van der Waals surface area contributed by atoms with Gasteiger partial charge in [0.2, 0.25) is 0 Å². The lowest BCUT2D eigenvalue weighted by Crippen LogP contribution is -2.46. The van der Waals surface area contributed by atoms with Crippen molar-refractivity contribution >= 4 is 11.9 Å². The van der Waals surface area contributed by atoms with E-state index in [2.05, 4.69) is 4.98 Å². The van der Waals surface area contributed by atoms with Crippen LogP contribution in [0.15, 0.2) is 24.4 Å². The standard InChI is InChI=1S/C13H16N2O3/c1-9-5-7-15(8-10(9)13(17)18)12(16)11-4-2-3-6-14-11/h2-4,6,9-10H,5,7-8H2,1H3,(H,17,18)/t9-,10+/m1/s1. The van der Waals surface area contributed by atoms with Crippen LogP contribution < -0.4 is 0 Å².